The van der Waals surface area contributed by atoms with Gasteiger partial charge in [0.2, 0.25) is 0 Å². The number of anilines is 1. The summed E-state index contributed by atoms with van der Waals surface area (Å²) in [4.78, 5) is 2.40. The van der Waals surface area contributed by atoms with Crippen molar-refractivity contribution in [1.29, 1.82) is 5.26 Å². The SMILES string of the molecule is CC1CCNC(CC#N)CN1c1ccccc1. The Bertz CT molecular complexity index is 382. The van der Waals surface area contributed by atoms with Crippen LogP contribution in [0.1, 0.15) is 19.8 Å². The maximum atomic E-state index is 8.82. The van der Waals surface area contributed by atoms with Crippen molar-refractivity contribution in [3.8, 4) is 6.07 Å². The first kappa shape index (κ1) is 11.9. The highest BCUT2D eigenvalue weighted by Gasteiger charge is 2.22. The zero-order valence-corrected chi connectivity index (χ0v) is 10.3. The van der Waals surface area contributed by atoms with Crippen LogP contribution in [0.2, 0.25) is 0 Å². The molecule has 0 amide bonds. The van der Waals surface area contributed by atoms with Crippen molar-refractivity contribution in [2.45, 2.75) is 31.8 Å². The van der Waals surface area contributed by atoms with E-state index < -0.39 is 0 Å². The first-order valence-corrected chi connectivity index (χ1v) is 6.23. The van der Waals surface area contributed by atoms with Crippen LogP contribution in [0, 0.1) is 11.3 Å². The van der Waals surface area contributed by atoms with Crippen LogP contribution in [0.4, 0.5) is 5.69 Å². The molecule has 1 aromatic carbocycles. The molecule has 2 atom stereocenters. The molecule has 3 nitrogen and oxygen atoms in total. The van der Waals surface area contributed by atoms with Crippen molar-refractivity contribution in [3.63, 3.8) is 0 Å². The van der Waals surface area contributed by atoms with Crippen molar-refractivity contribution in [1.82, 2.24) is 5.32 Å². The number of rotatable bonds is 2. The summed E-state index contributed by atoms with van der Waals surface area (Å²) in [5, 5.41) is 12.3. The van der Waals surface area contributed by atoms with Crippen LogP contribution in [-0.2, 0) is 0 Å². The fourth-order valence-corrected chi connectivity index (χ4v) is 2.36. The number of nitrogens with zero attached hydrogens (tertiary/aromatic N) is 2. The van der Waals surface area contributed by atoms with Crippen LogP contribution >= 0.6 is 0 Å². The topological polar surface area (TPSA) is 39.1 Å². The minimum Gasteiger partial charge on any atom is -0.367 e. The van der Waals surface area contributed by atoms with Gasteiger partial charge >= 0.3 is 0 Å². The van der Waals surface area contributed by atoms with Crippen molar-refractivity contribution >= 4 is 5.69 Å². The van der Waals surface area contributed by atoms with Gasteiger partial charge in [-0.3, -0.25) is 0 Å². The van der Waals surface area contributed by atoms with E-state index >= 15 is 0 Å². The highest BCUT2D eigenvalue weighted by Crippen LogP contribution is 2.20. The van der Waals surface area contributed by atoms with Gasteiger partial charge in [0.15, 0.2) is 0 Å². The second kappa shape index (κ2) is 5.70. The van der Waals surface area contributed by atoms with E-state index in [0.717, 1.165) is 19.5 Å². The average molecular weight is 229 g/mol. The first-order chi connectivity index (χ1) is 8.31. The summed E-state index contributed by atoms with van der Waals surface area (Å²) in [6.07, 6.45) is 1.70. The number of hydrogen-bond donors (Lipinski definition) is 1. The Kier molecular flexibility index (Phi) is 4.00. The normalized spacial score (nSPS) is 25.1. The first-order valence-electron chi connectivity index (χ1n) is 6.23. The predicted molar refractivity (Wildman–Crippen MR) is 69.9 cm³/mol. The molecule has 2 unspecified atom stereocenters. The molecule has 1 aliphatic rings. The van der Waals surface area contributed by atoms with Crippen LogP contribution in [0.5, 0.6) is 0 Å². The Labute approximate surface area is 103 Å². The van der Waals surface area contributed by atoms with E-state index in [-0.39, 0.29) is 6.04 Å². The zero-order chi connectivity index (χ0) is 12.1. The maximum absolute atomic E-state index is 8.82. The fourth-order valence-electron chi connectivity index (χ4n) is 2.36. The standard InChI is InChI=1S/C14H19N3/c1-12-8-10-16-13(7-9-15)11-17(12)14-5-3-2-4-6-14/h2-6,12-13,16H,7-8,10-11H2,1H3. The van der Waals surface area contributed by atoms with Crippen LogP contribution < -0.4 is 10.2 Å². The molecule has 0 aliphatic carbocycles. The lowest BCUT2D eigenvalue weighted by Crippen LogP contribution is -2.40. The number of benzene rings is 1. The molecule has 1 heterocycles. The molecule has 0 spiro atoms. The van der Waals surface area contributed by atoms with E-state index in [1.807, 2.05) is 6.07 Å². The van der Waals surface area contributed by atoms with Gasteiger partial charge in [0.05, 0.1) is 12.5 Å². The number of nitriles is 1. The lowest BCUT2D eigenvalue weighted by atomic mass is 10.1. The summed E-state index contributed by atoms with van der Waals surface area (Å²) in [5.41, 5.74) is 1.26. The van der Waals surface area contributed by atoms with Gasteiger partial charge in [-0.1, -0.05) is 18.2 Å². The Hall–Kier alpha value is -1.53. The number of hydrogen-bond acceptors (Lipinski definition) is 3. The summed E-state index contributed by atoms with van der Waals surface area (Å²) in [7, 11) is 0. The molecule has 1 N–H and O–H groups in total. The van der Waals surface area contributed by atoms with E-state index in [1.54, 1.807) is 0 Å². The minimum atomic E-state index is 0.283. The molecule has 1 fully saturated rings. The van der Waals surface area contributed by atoms with Crippen LogP contribution in [0.25, 0.3) is 0 Å². The summed E-state index contributed by atoms with van der Waals surface area (Å²) < 4.78 is 0. The Balaban J connectivity index is 2.15. The molecule has 0 aromatic heterocycles. The van der Waals surface area contributed by atoms with Gasteiger partial charge in [-0.2, -0.15) is 5.26 Å². The third-order valence-corrected chi connectivity index (χ3v) is 3.37. The van der Waals surface area contributed by atoms with Gasteiger partial charge in [0.1, 0.15) is 0 Å². The zero-order valence-electron chi connectivity index (χ0n) is 10.3. The molecular weight excluding hydrogens is 210 g/mol. The molecular formula is C14H19N3. The Morgan fingerprint density at radius 2 is 2.18 bits per heavy atom. The predicted octanol–water partition coefficient (Wildman–Crippen LogP) is 2.16. The van der Waals surface area contributed by atoms with E-state index in [1.165, 1.54) is 5.69 Å². The molecule has 17 heavy (non-hydrogen) atoms. The average Bonchev–Trinajstić information content (AvgIpc) is 2.53. The highest BCUT2D eigenvalue weighted by atomic mass is 15.2. The van der Waals surface area contributed by atoms with Crippen molar-refractivity contribution in [2.24, 2.45) is 0 Å². The van der Waals surface area contributed by atoms with Crippen molar-refractivity contribution < 1.29 is 0 Å². The van der Waals surface area contributed by atoms with E-state index in [2.05, 4.69) is 47.5 Å². The molecule has 0 radical (unpaired) electrons. The van der Waals surface area contributed by atoms with Crippen LogP contribution in [0.3, 0.4) is 0 Å². The summed E-state index contributed by atoms with van der Waals surface area (Å²) >= 11 is 0. The Morgan fingerprint density at radius 1 is 1.41 bits per heavy atom. The molecule has 1 aliphatic heterocycles. The third-order valence-electron chi connectivity index (χ3n) is 3.37. The highest BCUT2D eigenvalue weighted by molar-refractivity contribution is 5.47. The van der Waals surface area contributed by atoms with E-state index in [0.29, 0.717) is 12.5 Å². The molecule has 3 heteroatoms. The molecule has 0 saturated carbocycles. The fraction of sp³-hybridized carbons (Fsp3) is 0.500. The second-order valence-corrected chi connectivity index (χ2v) is 4.64. The summed E-state index contributed by atoms with van der Waals surface area (Å²) in [6.45, 7) is 4.17. The molecule has 0 bridgehead atoms. The van der Waals surface area contributed by atoms with Gasteiger partial charge < -0.3 is 10.2 Å². The minimum absolute atomic E-state index is 0.283. The quantitative estimate of drug-likeness (QED) is 0.844. The van der Waals surface area contributed by atoms with Gasteiger partial charge in [-0.05, 0) is 32.0 Å². The second-order valence-electron chi connectivity index (χ2n) is 4.64. The van der Waals surface area contributed by atoms with Gasteiger partial charge in [-0.25, -0.2) is 0 Å². The van der Waals surface area contributed by atoms with E-state index in [4.69, 9.17) is 5.26 Å². The lowest BCUT2D eigenvalue weighted by molar-refractivity contribution is 0.552. The molecule has 1 saturated heterocycles. The van der Waals surface area contributed by atoms with Crippen LogP contribution in [-0.4, -0.2) is 25.2 Å². The van der Waals surface area contributed by atoms with E-state index in [9.17, 15) is 0 Å². The van der Waals surface area contributed by atoms with Crippen LogP contribution in [0.15, 0.2) is 30.3 Å². The van der Waals surface area contributed by atoms with Gasteiger partial charge in [0.25, 0.3) is 0 Å². The lowest BCUT2D eigenvalue weighted by Gasteiger charge is -2.30. The summed E-state index contributed by atoms with van der Waals surface area (Å²) in [5.74, 6) is 0. The molecule has 2 rings (SSSR count). The molecule has 1 aromatic rings. The van der Waals surface area contributed by atoms with Crippen molar-refractivity contribution in [3.05, 3.63) is 30.3 Å². The van der Waals surface area contributed by atoms with Gasteiger partial charge in [0, 0.05) is 24.3 Å². The monoisotopic (exact) mass is 229 g/mol. The Morgan fingerprint density at radius 3 is 2.88 bits per heavy atom. The number of para-hydroxylation sites is 1. The molecule has 90 valence electrons. The van der Waals surface area contributed by atoms with Crippen molar-refractivity contribution in [2.75, 3.05) is 18.0 Å². The largest absolute Gasteiger partial charge is 0.367 e. The maximum Gasteiger partial charge on any atom is 0.0638 e. The number of nitrogens with one attached hydrogen (secondary N) is 1. The summed E-state index contributed by atoms with van der Waals surface area (Å²) in [6, 6.07) is 13.5. The van der Waals surface area contributed by atoms with Gasteiger partial charge in [-0.15, -0.1) is 0 Å². The third kappa shape index (κ3) is 2.98. The smallest absolute Gasteiger partial charge is 0.0638 e.